The number of Topliss-reactive ketones (excluding diaryl/α,β-unsaturated/α-hetero) is 1. The van der Waals surface area contributed by atoms with Gasteiger partial charge in [-0.2, -0.15) is 0 Å². The zero-order valence-corrected chi connectivity index (χ0v) is 19.2. The molecule has 4 N–H and O–H groups in total. The van der Waals surface area contributed by atoms with Gasteiger partial charge in [-0.25, -0.2) is 4.79 Å². The molecule has 1 saturated carbocycles. The Kier molecular flexibility index (Phi) is 7.91. The molecule has 1 saturated heterocycles. The lowest BCUT2D eigenvalue weighted by molar-refractivity contribution is -0.139. The molecule has 1 aliphatic heterocycles. The molecule has 2 atom stereocenters. The van der Waals surface area contributed by atoms with Crippen LogP contribution in [0.3, 0.4) is 0 Å². The van der Waals surface area contributed by atoms with Crippen LogP contribution in [0.25, 0.3) is 0 Å². The number of amides is 4. The van der Waals surface area contributed by atoms with Gasteiger partial charge >= 0.3 is 6.09 Å². The first kappa shape index (κ1) is 24.5. The summed E-state index contributed by atoms with van der Waals surface area (Å²) in [7, 11) is 0. The van der Waals surface area contributed by atoms with E-state index in [2.05, 4.69) is 21.3 Å². The van der Waals surface area contributed by atoms with Crippen molar-refractivity contribution in [3.8, 4) is 0 Å². The van der Waals surface area contributed by atoms with Gasteiger partial charge in [-0.15, -0.1) is 0 Å². The molecule has 1 aromatic rings. The van der Waals surface area contributed by atoms with Crippen LogP contribution in [-0.4, -0.2) is 54.3 Å². The molecule has 2 aliphatic rings. The predicted octanol–water partition coefficient (Wildman–Crippen LogP) is 1.77. The molecule has 0 spiro atoms. The Labute approximate surface area is 196 Å². The fourth-order valence-electron chi connectivity index (χ4n) is 3.43. The second kappa shape index (κ2) is 10.7. The Morgan fingerprint density at radius 1 is 1.18 bits per heavy atom. The van der Waals surface area contributed by atoms with Crippen LogP contribution in [0.4, 0.5) is 10.5 Å². The van der Waals surface area contributed by atoms with Crippen molar-refractivity contribution in [2.45, 2.75) is 57.7 Å². The highest BCUT2D eigenvalue weighted by Crippen LogP contribution is 2.23. The molecule has 1 aliphatic carbocycles. The Morgan fingerprint density at radius 3 is 2.52 bits per heavy atom. The maximum absolute atomic E-state index is 13.1. The van der Waals surface area contributed by atoms with Crippen LogP contribution in [0.5, 0.6) is 0 Å². The van der Waals surface area contributed by atoms with Crippen molar-refractivity contribution in [2.75, 3.05) is 11.9 Å². The Bertz CT molecular complexity index is 962. The molecular weight excluding hydrogens is 452 g/mol. The molecule has 11 heteroatoms. The summed E-state index contributed by atoms with van der Waals surface area (Å²) in [6.45, 7) is 3.82. The number of carbonyl (C=O) groups is 5. The van der Waals surface area contributed by atoms with Crippen LogP contribution in [-0.2, 0) is 19.1 Å². The quantitative estimate of drug-likeness (QED) is 0.398. The van der Waals surface area contributed by atoms with Gasteiger partial charge < -0.3 is 20.7 Å². The van der Waals surface area contributed by atoms with E-state index in [-0.39, 0.29) is 40.7 Å². The van der Waals surface area contributed by atoms with E-state index < -0.39 is 35.7 Å². The number of ether oxygens (including phenoxy) is 1. The van der Waals surface area contributed by atoms with E-state index in [0.29, 0.717) is 13.0 Å². The highest BCUT2D eigenvalue weighted by molar-refractivity contribution is 6.38. The molecule has 1 heterocycles. The number of benzene rings is 1. The van der Waals surface area contributed by atoms with Crippen LogP contribution in [0, 0.1) is 5.92 Å². The average Bonchev–Trinajstić information content (AvgIpc) is 3.47. The van der Waals surface area contributed by atoms with Crippen molar-refractivity contribution in [3.63, 3.8) is 0 Å². The first-order chi connectivity index (χ1) is 15.6. The molecule has 0 radical (unpaired) electrons. The second-order valence-electron chi connectivity index (χ2n) is 8.42. The van der Waals surface area contributed by atoms with Gasteiger partial charge in [-0.3, -0.25) is 24.5 Å². The average molecular weight is 479 g/mol. The number of hydrogen-bond acceptors (Lipinski definition) is 6. The van der Waals surface area contributed by atoms with Crippen LogP contribution < -0.4 is 21.3 Å². The smallest absolute Gasteiger partial charge is 0.411 e. The summed E-state index contributed by atoms with van der Waals surface area (Å²) in [5.41, 5.74) is 0.106. The van der Waals surface area contributed by atoms with E-state index in [1.807, 2.05) is 0 Å². The van der Waals surface area contributed by atoms with Crippen LogP contribution in [0.15, 0.2) is 18.2 Å². The highest BCUT2D eigenvalue weighted by atomic mass is 35.5. The maximum atomic E-state index is 13.1. The van der Waals surface area contributed by atoms with Gasteiger partial charge in [-0.05, 0) is 57.7 Å². The minimum absolute atomic E-state index is 0.0144. The van der Waals surface area contributed by atoms with Gasteiger partial charge in [0.1, 0.15) is 0 Å². The van der Waals surface area contributed by atoms with Crippen molar-refractivity contribution >= 4 is 46.9 Å². The minimum Gasteiger partial charge on any atom is -0.447 e. The van der Waals surface area contributed by atoms with Crippen molar-refractivity contribution in [2.24, 2.45) is 5.92 Å². The molecule has 1 aromatic carbocycles. The summed E-state index contributed by atoms with van der Waals surface area (Å²) in [5.74, 6) is -3.10. The highest BCUT2D eigenvalue weighted by Gasteiger charge is 2.36. The normalized spacial score (nSPS) is 18.3. The van der Waals surface area contributed by atoms with Gasteiger partial charge in [-0.1, -0.05) is 11.6 Å². The zero-order chi connectivity index (χ0) is 24.1. The largest absolute Gasteiger partial charge is 0.447 e. The maximum Gasteiger partial charge on any atom is 0.411 e. The number of anilines is 1. The number of halogens is 1. The monoisotopic (exact) mass is 478 g/mol. The van der Waals surface area contributed by atoms with Gasteiger partial charge in [0.05, 0.1) is 23.4 Å². The van der Waals surface area contributed by atoms with Crippen molar-refractivity contribution in [1.82, 2.24) is 16.0 Å². The Morgan fingerprint density at radius 2 is 1.91 bits per heavy atom. The fraction of sp³-hybridized carbons (Fsp3) is 0.500. The summed E-state index contributed by atoms with van der Waals surface area (Å²) in [6.07, 6.45) is 0.927. The molecule has 0 bridgehead atoms. The van der Waals surface area contributed by atoms with E-state index in [1.165, 1.54) is 18.2 Å². The van der Waals surface area contributed by atoms with Crippen molar-refractivity contribution in [1.29, 1.82) is 0 Å². The number of hydrogen-bond donors (Lipinski definition) is 4. The third-order valence-corrected chi connectivity index (χ3v) is 5.48. The van der Waals surface area contributed by atoms with Gasteiger partial charge in [0.15, 0.2) is 0 Å². The summed E-state index contributed by atoms with van der Waals surface area (Å²) in [4.78, 5) is 62.4. The van der Waals surface area contributed by atoms with E-state index >= 15 is 0 Å². The molecule has 3 rings (SSSR count). The predicted molar refractivity (Wildman–Crippen MR) is 120 cm³/mol. The number of ketones is 1. The number of rotatable bonds is 9. The standard InChI is InChI=1S/C22H27ClN4O6/c1-11(2)33-22(32)27-16-6-3-13(23)10-15(16)20(30)26-17(9-12-7-8-24-19(12)29)18(28)21(31)25-14-4-5-14/h3,6,10-12,14,17H,4-5,7-9H2,1-2H3,(H,24,29)(H,25,31)(H,26,30)(H,27,32)/t12-,17-/m0/s1. The number of carbonyl (C=O) groups excluding carboxylic acids is 5. The topological polar surface area (TPSA) is 143 Å². The molecule has 4 amide bonds. The second-order valence-corrected chi connectivity index (χ2v) is 8.86. The van der Waals surface area contributed by atoms with E-state index in [1.54, 1.807) is 13.8 Å². The van der Waals surface area contributed by atoms with Gasteiger partial charge in [0, 0.05) is 23.5 Å². The van der Waals surface area contributed by atoms with Gasteiger partial charge in [0.2, 0.25) is 11.7 Å². The first-order valence-electron chi connectivity index (χ1n) is 10.8. The van der Waals surface area contributed by atoms with Crippen LogP contribution in [0.2, 0.25) is 5.02 Å². The Hall–Kier alpha value is -3.14. The third kappa shape index (κ3) is 6.92. The molecule has 178 valence electrons. The summed E-state index contributed by atoms with van der Waals surface area (Å²) >= 11 is 6.04. The van der Waals surface area contributed by atoms with Crippen LogP contribution >= 0.6 is 11.6 Å². The molecule has 10 nitrogen and oxygen atoms in total. The van der Waals surface area contributed by atoms with E-state index in [4.69, 9.17) is 16.3 Å². The van der Waals surface area contributed by atoms with Crippen molar-refractivity contribution in [3.05, 3.63) is 28.8 Å². The van der Waals surface area contributed by atoms with Gasteiger partial charge in [0.25, 0.3) is 11.8 Å². The Balaban J connectivity index is 1.79. The third-order valence-electron chi connectivity index (χ3n) is 5.25. The molecule has 2 fully saturated rings. The van der Waals surface area contributed by atoms with E-state index in [9.17, 15) is 24.0 Å². The summed E-state index contributed by atoms with van der Waals surface area (Å²) in [6, 6.07) is 2.98. The SMILES string of the molecule is CC(C)OC(=O)Nc1ccc(Cl)cc1C(=O)N[C@@H](C[C@@H]1CCNC1=O)C(=O)C(=O)NC1CC1. The van der Waals surface area contributed by atoms with Crippen LogP contribution in [0.1, 0.15) is 49.9 Å². The van der Waals surface area contributed by atoms with E-state index in [0.717, 1.165) is 12.8 Å². The lowest BCUT2D eigenvalue weighted by Gasteiger charge is -2.21. The lowest BCUT2D eigenvalue weighted by Crippen LogP contribution is -2.49. The first-order valence-corrected chi connectivity index (χ1v) is 11.2. The number of nitrogens with one attached hydrogen (secondary N) is 4. The fourth-order valence-corrected chi connectivity index (χ4v) is 3.60. The molecule has 0 unspecified atom stereocenters. The minimum atomic E-state index is -1.22. The lowest BCUT2D eigenvalue weighted by atomic mass is 9.95. The summed E-state index contributed by atoms with van der Waals surface area (Å²) < 4.78 is 5.05. The zero-order valence-electron chi connectivity index (χ0n) is 18.4. The summed E-state index contributed by atoms with van der Waals surface area (Å²) in [5, 5.41) is 10.6. The molecule has 33 heavy (non-hydrogen) atoms. The van der Waals surface area contributed by atoms with Crippen molar-refractivity contribution < 1.29 is 28.7 Å². The molecule has 0 aromatic heterocycles. The molecular formula is C22H27ClN4O6.